The molecule has 0 bridgehead atoms. The van der Waals surface area contributed by atoms with Crippen molar-refractivity contribution in [2.45, 2.75) is 26.3 Å². The van der Waals surface area contributed by atoms with Crippen LogP contribution in [0.2, 0.25) is 0 Å². The van der Waals surface area contributed by atoms with Gasteiger partial charge < -0.3 is 10.1 Å². The second kappa shape index (κ2) is 9.36. The van der Waals surface area contributed by atoms with Crippen LogP contribution in [0.5, 0.6) is 0 Å². The van der Waals surface area contributed by atoms with E-state index in [2.05, 4.69) is 12.2 Å². The van der Waals surface area contributed by atoms with Gasteiger partial charge in [-0.2, -0.15) is 11.8 Å². The lowest BCUT2D eigenvalue weighted by Gasteiger charge is -2.14. The Morgan fingerprint density at radius 1 is 1.42 bits per heavy atom. The van der Waals surface area contributed by atoms with Gasteiger partial charge in [-0.15, -0.1) is 0 Å². The summed E-state index contributed by atoms with van der Waals surface area (Å²) in [4.78, 5) is 0. The fourth-order valence-corrected chi connectivity index (χ4v) is 1.85. The van der Waals surface area contributed by atoms with Crippen LogP contribution >= 0.6 is 11.8 Å². The average molecular weight is 191 g/mol. The topological polar surface area (TPSA) is 21.3 Å². The van der Waals surface area contributed by atoms with Gasteiger partial charge in [-0.25, -0.2) is 0 Å². The van der Waals surface area contributed by atoms with Crippen LogP contribution in [0.15, 0.2) is 0 Å². The zero-order valence-corrected chi connectivity index (χ0v) is 9.25. The first kappa shape index (κ1) is 12.3. The van der Waals surface area contributed by atoms with Crippen LogP contribution in [0.3, 0.4) is 0 Å². The third-order valence-electron chi connectivity index (χ3n) is 1.60. The monoisotopic (exact) mass is 191 g/mol. The maximum absolute atomic E-state index is 5.34. The summed E-state index contributed by atoms with van der Waals surface area (Å²) < 4.78 is 5.34. The Morgan fingerprint density at radius 2 is 2.17 bits per heavy atom. The molecule has 0 aromatic carbocycles. The van der Waals surface area contributed by atoms with E-state index in [-0.39, 0.29) is 0 Å². The highest BCUT2D eigenvalue weighted by Crippen LogP contribution is 2.04. The highest BCUT2D eigenvalue weighted by atomic mass is 32.2. The van der Waals surface area contributed by atoms with E-state index < -0.39 is 0 Å². The normalized spacial score (nSPS) is 13.2. The first-order valence-electron chi connectivity index (χ1n) is 4.67. The number of rotatable bonds is 8. The Bertz CT molecular complexity index is 90.6. The van der Waals surface area contributed by atoms with E-state index in [9.17, 15) is 0 Å². The van der Waals surface area contributed by atoms with Crippen molar-refractivity contribution in [3.8, 4) is 0 Å². The van der Waals surface area contributed by atoms with Crippen LogP contribution in [-0.4, -0.2) is 37.8 Å². The Labute approximate surface area is 80.4 Å². The zero-order chi connectivity index (χ0) is 9.23. The van der Waals surface area contributed by atoms with Crippen LogP contribution in [0.1, 0.15) is 20.3 Å². The van der Waals surface area contributed by atoms with E-state index in [1.807, 2.05) is 25.7 Å². The van der Waals surface area contributed by atoms with Crippen molar-refractivity contribution in [3.05, 3.63) is 0 Å². The van der Waals surface area contributed by atoms with Crippen molar-refractivity contribution < 1.29 is 4.74 Å². The molecule has 1 N–H and O–H groups in total. The van der Waals surface area contributed by atoms with Gasteiger partial charge in [-0.3, -0.25) is 0 Å². The van der Waals surface area contributed by atoms with Crippen molar-refractivity contribution in [2.75, 3.05) is 31.8 Å². The quantitative estimate of drug-likeness (QED) is 0.591. The van der Waals surface area contributed by atoms with E-state index in [1.165, 1.54) is 12.2 Å². The van der Waals surface area contributed by atoms with E-state index >= 15 is 0 Å². The fourth-order valence-electron chi connectivity index (χ4n) is 0.845. The molecule has 0 heterocycles. The minimum atomic E-state index is 0.515. The lowest BCUT2D eigenvalue weighted by molar-refractivity contribution is 0.131. The largest absolute Gasteiger partial charge is 0.380 e. The van der Waals surface area contributed by atoms with E-state index in [0.717, 1.165) is 19.0 Å². The molecule has 0 radical (unpaired) electrons. The Hall–Kier alpha value is 0.270. The van der Waals surface area contributed by atoms with Gasteiger partial charge in [-0.05, 0) is 26.1 Å². The van der Waals surface area contributed by atoms with Crippen molar-refractivity contribution in [1.29, 1.82) is 0 Å². The number of hydrogen-bond donors (Lipinski definition) is 1. The smallest absolute Gasteiger partial charge is 0.0627 e. The molecule has 0 aromatic rings. The molecule has 0 saturated heterocycles. The number of hydrogen-bond acceptors (Lipinski definition) is 3. The third-order valence-corrected chi connectivity index (χ3v) is 2.93. The van der Waals surface area contributed by atoms with Gasteiger partial charge in [0, 0.05) is 18.4 Å². The molecule has 12 heavy (non-hydrogen) atoms. The summed E-state index contributed by atoms with van der Waals surface area (Å²) in [5, 5.41) is 3.25. The molecule has 74 valence electrons. The first-order chi connectivity index (χ1) is 5.85. The van der Waals surface area contributed by atoms with Crippen molar-refractivity contribution in [3.63, 3.8) is 0 Å². The van der Waals surface area contributed by atoms with Crippen LogP contribution < -0.4 is 5.32 Å². The molecular formula is C9H21NOS. The summed E-state index contributed by atoms with van der Waals surface area (Å²) in [7, 11) is 2.00. The Kier molecular flexibility index (Phi) is 9.57. The van der Waals surface area contributed by atoms with Gasteiger partial charge in [0.2, 0.25) is 0 Å². The predicted molar refractivity (Wildman–Crippen MR) is 57.0 cm³/mol. The van der Waals surface area contributed by atoms with Gasteiger partial charge in [0.25, 0.3) is 0 Å². The second-order valence-electron chi connectivity index (χ2n) is 2.72. The molecule has 0 spiro atoms. The minimum Gasteiger partial charge on any atom is -0.380 e. The molecule has 0 aromatic heterocycles. The van der Waals surface area contributed by atoms with Gasteiger partial charge in [0.15, 0.2) is 0 Å². The molecule has 0 rings (SSSR count). The molecule has 0 amide bonds. The van der Waals surface area contributed by atoms with Crippen LogP contribution in [0.25, 0.3) is 0 Å². The number of thioether (sulfide) groups is 1. The highest BCUT2D eigenvalue weighted by molar-refractivity contribution is 7.99. The fraction of sp³-hybridized carbons (Fsp3) is 1.00. The zero-order valence-electron chi connectivity index (χ0n) is 8.43. The summed E-state index contributed by atoms with van der Waals surface area (Å²) >= 11 is 1.99. The number of ether oxygens (including phenoxy) is 1. The van der Waals surface area contributed by atoms with E-state index in [1.54, 1.807) is 0 Å². The lowest BCUT2D eigenvalue weighted by atomic mass is 10.4. The Morgan fingerprint density at radius 3 is 2.67 bits per heavy atom. The summed E-state index contributed by atoms with van der Waals surface area (Å²) in [6.07, 6.45) is 1.26. The van der Waals surface area contributed by atoms with Crippen LogP contribution in [0.4, 0.5) is 0 Å². The lowest BCUT2D eigenvalue weighted by Crippen LogP contribution is -2.32. The number of likely N-dealkylation sites (N-methyl/N-ethyl adjacent to an activating group) is 1. The van der Waals surface area contributed by atoms with Crippen LogP contribution in [-0.2, 0) is 4.74 Å². The maximum atomic E-state index is 5.34. The van der Waals surface area contributed by atoms with Gasteiger partial charge in [-0.1, -0.05) is 6.92 Å². The van der Waals surface area contributed by atoms with Gasteiger partial charge in [0.1, 0.15) is 0 Å². The molecule has 3 heteroatoms. The minimum absolute atomic E-state index is 0.515. The molecule has 0 aliphatic carbocycles. The molecule has 0 fully saturated rings. The molecular weight excluding hydrogens is 170 g/mol. The molecule has 2 nitrogen and oxygen atoms in total. The molecule has 1 unspecified atom stereocenters. The summed E-state index contributed by atoms with van der Waals surface area (Å²) in [5.41, 5.74) is 0. The molecule has 0 aliphatic heterocycles. The van der Waals surface area contributed by atoms with Gasteiger partial charge >= 0.3 is 0 Å². The molecule has 0 saturated carbocycles. The van der Waals surface area contributed by atoms with Crippen molar-refractivity contribution >= 4 is 11.8 Å². The standard InChI is InChI=1S/C9H21NOS/c1-4-6-12-8-9(10-3)7-11-5-2/h9-10H,4-8H2,1-3H3. The van der Waals surface area contributed by atoms with E-state index in [0.29, 0.717) is 6.04 Å². The predicted octanol–water partition coefficient (Wildman–Crippen LogP) is 1.75. The third kappa shape index (κ3) is 6.95. The van der Waals surface area contributed by atoms with Crippen molar-refractivity contribution in [1.82, 2.24) is 5.32 Å². The van der Waals surface area contributed by atoms with E-state index in [4.69, 9.17) is 4.74 Å². The SMILES string of the molecule is CCCSCC(COCC)NC. The first-order valence-corrected chi connectivity index (χ1v) is 5.83. The molecule has 1 atom stereocenters. The second-order valence-corrected chi connectivity index (χ2v) is 3.87. The highest BCUT2D eigenvalue weighted by Gasteiger charge is 2.04. The maximum Gasteiger partial charge on any atom is 0.0627 e. The summed E-state index contributed by atoms with van der Waals surface area (Å²) in [5.74, 6) is 2.41. The Balaban J connectivity index is 3.26. The van der Waals surface area contributed by atoms with Crippen LogP contribution in [0, 0.1) is 0 Å². The average Bonchev–Trinajstić information content (AvgIpc) is 2.11. The molecule has 0 aliphatic rings. The summed E-state index contributed by atoms with van der Waals surface area (Å²) in [6.45, 7) is 5.90. The van der Waals surface area contributed by atoms with Gasteiger partial charge in [0.05, 0.1) is 6.61 Å². The van der Waals surface area contributed by atoms with Crippen molar-refractivity contribution in [2.24, 2.45) is 0 Å². The summed E-state index contributed by atoms with van der Waals surface area (Å²) in [6, 6.07) is 0.515. The number of nitrogens with one attached hydrogen (secondary N) is 1.